The highest BCUT2D eigenvalue weighted by atomic mass is 15.1. The lowest BCUT2D eigenvalue weighted by Crippen LogP contribution is -2.37. The van der Waals surface area contributed by atoms with Gasteiger partial charge in [-0.1, -0.05) is 265 Å². The maximum Gasteiger partial charge on any atom is 0.256 e. The van der Waals surface area contributed by atoms with Crippen LogP contribution in [-0.4, -0.2) is 4.57 Å². The van der Waals surface area contributed by atoms with E-state index >= 15 is 0 Å². The molecule has 0 aliphatic carbocycles. The fourth-order valence-corrected chi connectivity index (χ4v) is 8.80. The van der Waals surface area contributed by atoms with Crippen LogP contribution in [-0.2, 0) is 19.5 Å². The average molecular weight is 756 g/mol. The molecular weight excluding hydrogens is 653 g/mol. The minimum atomic E-state index is 1.23. The van der Waals surface area contributed by atoms with E-state index in [1.165, 1.54) is 296 Å². The summed E-state index contributed by atoms with van der Waals surface area (Å²) in [7, 11) is 0. The lowest BCUT2D eigenvalue weighted by Gasteiger charge is -2.07. The summed E-state index contributed by atoms with van der Waals surface area (Å²) < 4.78 is 5.32. The van der Waals surface area contributed by atoms with Crippen molar-refractivity contribution in [2.75, 3.05) is 0 Å². The first-order valence-electron chi connectivity index (χ1n) is 25.9. The Hall–Kier alpha value is -0.790. The minimum absolute atomic E-state index is 1.23. The van der Waals surface area contributed by atoms with Crippen LogP contribution in [0.25, 0.3) is 0 Å². The number of aryl methyl sites for hydroxylation is 2. The number of nitrogens with zero attached hydrogens (tertiary/aromatic N) is 2. The Morgan fingerprint density at radius 2 is 0.574 bits per heavy atom. The van der Waals surface area contributed by atoms with Crippen molar-refractivity contribution in [2.24, 2.45) is 0 Å². The first-order valence-corrected chi connectivity index (χ1v) is 25.9. The van der Waals surface area contributed by atoms with E-state index in [1.54, 1.807) is 5.82 Å². The Labute approximate surface area is 342 Å². The van der Waals surface area contributed by atoms with Gasteiger partial charge in [-0.2, -0.15) is 0 Å². The number of imidazole rings is 1. The van der Waals surface area contributed by atoms with Gasteiger partial charge in [0, 0.05) is 6.42 Å². The van der Waals surface area contributed by atoms with Crippen molar-refractivity contribution in [1.29, 1.82) is 0 Å². The summed E-state index contributed by atoms with van der Waals surface area (Å²) in [4.78, 5) is 0. The molecule has 0 amide bonds. The molecule has 0 saturated carbocycles. The summed E-state index contributed by atoms with van der Waals surface area (Å²) >= 11 is 0. The van der Waals surface area contributed by atoms with E-state index < -0.39 is 0 Å². The maximum absolute atomic E-state index is 2.66. The van der Waals surface area contributed by atoms with Crippen LogP contribution < -0.4 is 4.57 Å². The average Bonchev–Trinajstić information content (AvgIpc) is 3.57. The highest BCUT2D eigenvalue weighted by Gasteiger charge is 2.16. The predicted molar refractivity (Wildman–Crippen MR) is 244 cm³/mol. The fourth-order valence-electron chi connectivity index (χ4n) is 8.80. The van der Waals surface area contributed by atoms with Gasteiger partial charge >= 0.3 is 0 Å². The molecule has 0 aliphatic rings. The molecule has 0 N–H and O–H groups in total. The molecule has 0 aliphatic heterocycles. The maximum atomic E-state index is 2.66. The van der Waals surface area contributed by atoms with Crippen molar-refractivity contribution in [3.8, 4) is 0 Å². The molecule has 1 rings (SSSR count). The minimum Gasteiger partial charge on any atom is -0.234 e. The first kappa shape index (κ1) is 51.2. The van der Waals surface area contributed by atoms with E-state index in [1.807, 2.05) is 0 Å². The van der Waals surface area contributed by atoms with E-state index in [0.29, 0.717) is 0 Å². The molecule has 2 nitrogen and oxygen atoms in total. The zero-order chi connectivity index (χ0) is 38.7. The van der Waals surface area contributed by atoms with Crippen molar-refractivity contribution in [3.05, 3.63) is 18.2 Å². The third kappa shape index (κ3) is 34.5. The first-order chi connectivity index (χ1) is 26.8. The van der Waals surface area contributed by atoms with Gasteiger partial charge in [0.15, 0.2) is 0 Å². The summed E-state index contributed by atoms with van der Waals surface area (Å²) in [6.45, 7) is 9.42. The summed E-state index contributed by atoms with van der Waals surface area (Å²) in [6, 6.07) is 0. The fraction of sp³-hybridized carbons (Fsp3) is 0.942. The number of rotatable bonds is 46. The zero-order valence-corrected chi connectivity index (χ0v) is 38.1. The van der Waals surface area contributed by atoms with Gasteiger partial charge in [-0.3, -0.25) is 0 Å². The van der Waals surface area contributed by atoms with Gasteiger partial charge in [0.2, 0.25) is 0 Å². The molecule has 0 saturated heterocycles. The number of unbranched alkanes of at least 4 members (excludes halogenated alkanes) is 40. The second-order valence-electron chi connectivity index (χ2n) is 18.0. The molecule has 0 bridgehead atoms. The van der Waals surface area contributed by atoms with E-state index in [4.69, 9.17) is 0 Å². The molecule has 0 radical (unpaired) electrons. The van der Waals surface area contributed by atoms with E-state index in [-0.39, 0.29) is 0 Å². The quantitative estimate of drug-likeness (QED) is 0.0463. The Morgan fingerprint density at radius 3 is 0.889 bits per heavy atom. The smallest absolute Gasteiger partial charge is 0.234 e. The van der Waals surface area contributed by atoms with Crippen molar-refractivity contribution >= 4 is 0 Å². The second kappa shape index (κ2) is 43.3. The predicted octanol–water partition coefficient (Wildman–Crippen LogP) is 18.2. The molecule has 0 atom stereocenters. The van der Waals surface area contributed by atoms with Crippen molar-refractivity contribution in [2.45, 2.75) is 316 Å². The third-order valence-electron chi connectivity index (χ3n) is 12.6. The summed E-state index contributed by atoms with van der Waals surface area (Å²) in [6.07, 6.45) is 68.3. The third-order valence-corrected chi connectivity index (χ3v) is 12.6. The molecule has 0 unspecified atom stereocenters. The molecule has 1 heterocycles. The molecule has 1 aromatic rings. The standard InChI is InChI=1S/C52H103N2/c1-4-7-10-13-16-19-22-25-27-28-29-31-34-37-40-43-46-49-54-51-50-53(48-45-42-39-36-33-30-26-23-20-17-14-11-8-5-2)52(54)47-44-41-38-35-32-24-21-18-15-12-9-6-3/h50-51H,4-49H2,1-3H3/q+1. The zero-order valence-electron chi connectivity index (χ0n) is 38.1. The van der Waals surface area contributed by atoms with Gasteiger partial charge in [-0.05, 0) is 32.1 Å². The Kier molecular flexibility index (Phi) is 41.1. The lowest BCUT2D eigenvalue weighted by atomic mass is 10.0. The van der Waals surface area contributed by atoms with E-state index in [0.717, 1.165) is 0 Å². The Balaban J connectivity index is 2.24. The number of hydrogen-bond acceptors (Lipinski definition) is 0. The highest BCUT2D eigenvalue weighted by molar-refractivity contribution is 4.84. The molecule has 0 aromatic carbocycles. The van der Waals surface area contributed by atoms with Gasteiger partial charge in [-0.25, -0.2) is 9.13 Å². The van der Waals surface area contributed by atoms with Crippen LogP contribution in [0.5, 0.6) is 0 Å². The second-order valence-corrected chi connectivity index (χ2v) is 18.0. The molecule has 0 spiro atoms. The van der Waals surface area contributed by atoms with Crippen molar-refractivity contribution in [1.82, 2.24) is 4.57 Å². The molecule has 320 valence electrons. The van der Waals surface area contributed by atoms with Crippen LogP contribution in [0, 0.1) is 0 Å². The van der Waals surface area contributed by atoms with Crippen LogP contribution in [0.15, 0.2) is 12.4 Å². The van der Waals surface area contributed by atoms with Gasteiger partial charge in [-0.15, -0.1) is 0 Å². The SMILES string of the molecule is CCCCCCCCCCCCCCCCCCC[n+]1ccn(CCCCCCCCCCCCCCCC)c1CCCCCCCCCCCCCC. The van der Waals surface area contributed by atoms with Crippen LogP contribution in [0.1, 0.15) is 303 Å². The van der Waals surface area contributed by atoms with Gasteiger partial charge in [0.1, 0.15) is 12.4 Å². The van der Waals surface area contributed by atoms with E-state index in [9.17, 15) is 0 Å². The Morgan fingerprint density at radius 1 is 0.315 bits per heavy atom. The van der Waals surface area contributed by atoms with Crippen LogP contribution in [0.2, 0.25) is 0 Å². The number of hydrogen-bond donors (Lipinski definition) is 0. The van der Waals surface area contributed by atoms with Crippen molar-refractivity contribution < 1.29 is 4.57 Å². The van der Waals surface area contributed by atoms with Gasteiger partial charge in [0.25, 0.3) is 5.82 Å². The van der Waals surface area contributed by atoms with Crippen molar-refractivity contribution in [3.63, 3.8) is 0 Å². The van der Waals surface area contributed by atoms with Crippen LogP contribution in [0.3, 0.4) is 0 Å². The molecule has 0 fully saturated rings. The summed E-state index contributed by atoms with van der Waals surface area (Å²) in [5.74, 6) is 1.63. The Bertz CT molecular complexity index is 826. The summed E-state index contributed by atoms with van der Waals surface area (Å²) in [5.41, 5.74) is 0. The van der Waals surface area contributed by atoms with Crippen LogP contribution in [0.4, 0.5) is 0 Å². The van der Waals surface area contributed by atoms with Gasteiger partial charge < -0.3 is 0 Å². The topological polar surface area (TPSA) is 8.81 Å². The monoisotopic (exact) mass is 756 g/mol. The van der Waals surface area contributed by atoms with Crippen LogP contribution >= 0.6 is 0 Å². The number of aromatic nitrogens is 2. The molecular formula is C52H103N2+. The summed E-state index contributed by atoms with van der Waals surface area (Å²) in [5, 5.41) is 0. The van der Waals surface area contributed by atoms with Gasteiger partial charge in [0.05, 0.1) is 13.1 Å². The normalized spacial score (nSPS) is 11.7. The van der Waals surface area contributed by atoms with E-state index in [2.05, 4.69) is 42.3 Å². The molecule has 1 aromatic heterocycles. The molecule has 54 heavy (non-hydrogen) atoms. The highest BCUT2D eigenvalue weighted by Crippen LogP contribution is 2.17. The lowest BCUT2D eigenvalue weighted by molar-refractivity contribution is -0.704. The largest absolute Gasteiger partial charge is 0.256 e. The molecule has 2 heteroatoms.